The van der Waals surface area contributed by atoms with Crippen molar-refractivity contribution >= 4 is 39.2 Å². The smallest absolute Gasteiger partial charge is 0.231 e. The number of aromatic amines is 1. The molecule has 0 aliphatic rings. The maximum atomic E-state index is 12.2. The Kier molecular flexibility index (Phi) is 7.24. The second kappa shape index (κ2) is 10.1. The van der Waals surface area contributed by atoms with Gasteiger partial charge < -0.3 is 10.3 Å². The van der Waals surface area contributed by atoms with Crippen LogP contribution < -0.4 is 5.32 Å². The summed E-state index contributed by atoms with van der Waals surface area (Å²) in [6.45, 7) is 2.21. The van der Waals surface area contributed by atoms with Gasteiger partial charge in [-0.1, -0.05) is 63.6 Å². The van der Waals surface area contributed by atoms with Crippen LogP contribution in [0.2, 0.25) is 0 Å². The molecule has 0 bridgehead atoms. The van der Waals surface area contributed by atoms with Crippen molar-refractivity contribution in [1.82, 2.24) is 4.98 Å². The van der Waals surface area contributed by atoms with Gasteiger partial charge in [-0.2, -0.15) is 0 Å². The van der Waals surface area contributed by atoms with Gasteiger partial charge in [0.15, 0.2) is 0 Å². The highest BCUT2D eigenvalue weighted by atomic mass is 16.2. The number of fused-ring (bicyclic) bond motifs is 3. The lowest BCUT2D eigenvalue weighted by molar-refractivity contribution is -0.125. The summed E-state index contributed by atoms with van der Waals surface area (Å²) in [5.74, 6) is -0.202. The number of para-hydroxylation sites is 1. The summed E-state index contributed by atoms with van der Waals surface area (Å²) in [5, 5.41) is 5.07. The van der Waals surface area contributed by atoms with Crippen LogP contribution in [0.4, 0.5) is 5.69 Å². The number of nitrogens with one attached hydrogen (secondary N) is 2. The van der Waals surface area contributed by atoms with Crippen LogP contribution in [0.3, 0.4) is 0 Å². The predicted molar refractivity (Wildman–Crippen MR) is 117 cm³/mol. The van der Waals surface area contributed by atoms with Gasteiger partial charge >= 0.3 is 0 Å². The average molecular weight is 379 g/mol. The van der Waals surface area contributed by atoms with E-state index in [-0.39, 0.29) is 18.1 Å². The van der Waals surface area contributed by atoms with E-state index in [1.807, 2.05) is 36.4 Å². The van der Waals surface area contributed by atoms with E-state index in [9.17, 15) is 9.59 Å². The summed E-state index contributed by atoms with van der Waals surface area (Å²) in [6, 6.07) is 13.9. The highest BCUT2D eigenvalue weighted by Crippen LogP contribution is 2.27. The fraction of sp³-hybridized carbons (Fsp3) is 0.417. The highest BCUT2D eigenvalue weighted by molar-refractivity contribution is 6.10. The first-order valence-electron chi connectivity index (χ1n) is 10.5. The summed E-state index contributed by atoms with van der Waals surface area (Å²) < 4.78 is 0. The van der Waals surface area contributed by atoms with Crippen LogP contribution in [0.15, 0.2) is 42.5 Å². The van der Waals surface area contributed by atoms with Crippen molar-refractivity contribution < 1.29 is 9.59 Å². The van der Waals surface area contributed by atoms with E-state index >= 15 is 0 Å². The Morgan fingerprint density at radius 2 is 1.57 bits per heavy atom. The number of aromatic nitrogens is 1. The third-order valence-electron chi connectivity index (χ3n) is 5.21. The molecule has 3 rings (SSSR count). The van der Waals surface area contributed by atoms with Crippen LogP contribution in [0, 0.1) is 0 Å². The monoisotopic (exact) mass is 378 g/mol. The quantitative estimate of drug-likeness (QED) is 0.301. The molecule has 0 unspecified atom stereocenters. The highest BCUT2D eigenvalue weighted by Gasteiger charge is 2.11. The number of carbonyl (C=O) groups is 2. The minimum Gasteiger partial charge on any atom is -0.355 e. The Bertz CT molecular complexity index is 942. The molecule has 0 saturated heterocycles. The second-order valence-corrected chi connectivity index (χ2v) is 7.57. The molecule has 1 aromatic heterocycles. The van der Waals surface area contributed by atoms with Crippen molar-refractivity contribution in [1.29, 1.82) is 0 Å². The number of benzene rings is 2. The number of carbonyl (C=O) groups excluding carboxylic acids is 2. The van der Waals surface area contributed by atoms with E-state index in [2.05, 4.69) is 23.3 Å². The number of Topliss-reactive ketones (excluding diaryl/α,β-unsaturated/α-hetero) is 1. The third-order valence-corrected chi connectivity index (χ3v) is 5.21. The molecule has 4 nitrogen and oxygen atoms in total. The maximum Gasteiger partial charge on any atom is 0.231 e. The molecule has 0 radical (unpaired) electrons. The zero-order valence-corrected chi connectivity index (χ0v) is 16.7. The van der Waals surface area contributed by atoms with E-state index in [0.717, 1.165) is 40.3 Å². The van der Waals surface area contributed by atoms with Crippen molar-refractivity contribution in [3.8, 4) is 0 Å². The van der Waals surface area contributed by atoms with Crippen molar-refractivity contribution in [2.24, 2.45) is 0 Å². The molecule has 0 spiro atoms. The molecular formula is C24H30N2O2. The number of anilines is 1. The van der Waals surface area contributed by atoms with E-state index in [4.69, 9.17) is 0 Å². The number of unbranched alkanes of at least 4 members (excludes halogenated alkanes) is 6. The van der Waals surface area contributed by atoms with Crippen LogP contribution >= 0.6 is 0 Å². The van der Waals surface area contributed by atoms with E-state index < -0.39 is 0 Å². The zero-order valence-electron chi connectivity index (χ0n) is 16.7. The lowest BCUT2D eigenvalue weighted by Gasteiger charge is -2.06. The third kappa shape index (κ3) is 5.44. The SMILES string of the molecule is CCCCCCCCCC(=O)CC(=O)Nc1ccc2[nH]c3ccccc3c2c1. The lowest BCUT2D eigenvalue weighted by Crippen LogP contribution is -2.16. The molecule has 1 amide bonds. The molecule has 148 valence electrons. The Hall–Kier alpha value is -2.62. The summed E-state index contributed by atoms with van der Waals surface area (Å²) in [4.78, 5) is 27.7. The average Bonchev–Trinajstić information content (AvgIpc) is 3.05. The molecule has 0 fully saturated rings. The van der Waals surface area contributed by atoms with Gasteiger partial charge in [0.1, 0.15) is 5.78 Å². The zero-order chi connectivity index (χ0) is 19.8. The topological polar surface area (TPSA) is 62.0 Å². The van der Waals surface area contributed by atoms with Crippen LogP contribution in [-0.2, 0) is 9.59 Å². The number of amides is 1. The molecule has 28 heavy (non-hydrogen) atoms. The molecule has 2 aromatic carbocycles. The summed E-state index contributed by atoms with van der Waals surface area (Å²) in [5.41, 5.74) is 2.84. The Morgan fingerprint density at radius 1 is 0.857 bits per heavy atom. The van der Waals surface area contributed by atoms with Crippen LogP contribution in [0.5, 0.6) is 0 Å². The molecular weight excluding hydrogens is 348 g/mol. The largest absolute Gasteiger partial charge is 0.355 e. The Balaban J connectivity index is 1.46. The number of ketones is 1. The first-order valence-corrected chi connectivity index (χ1v) is 10.5. The Morgan fingerprint density at radius 3 is 2.39 bits per heavy atom. The molecule has 0 aliphatic heterocycles. The van der Waals surface area contributed by atoms with Gasteiger partial charge in [-0.15, -0.1) is 0 Å². The summed E-state index contributed by atoms with van der Waals surface area (Å²) in [6.07, 6.45) is 8.69. The van der Waals surface area contributed by atoms with Crippen molar-refractivity contribution in [3.63, 3.8) is 0 Å². The van der Waals surface area contributed by atoms with Crippen molar-refractivity contribution in [2.75, 3.05) is 5.32 Å². The molecule has 2 N–H and O–H groups in total. The van der Waals surface area contributed by atoms with Gasteiger partial charge in [-0.3, -0.25) is 9.59 Å². The van der Waals surface area contributed by atoms with Crippen molar-refractivity contribution in [3.05, 3.63) is 42.5 Å². The molecule has 0 saturated carbocycles. The van der Waals surface area contributed by atoms with Gasteiger partial charge in [0.05, 0.1) is 6.42 Å². The summed E-state index contributed by atoms with van der Waals surface area (Å²) >= 11 is 0. The van der Waals surface area contributed by atoms with Crippen LogP contribution in [0.25, 0.3) is 21.8 Å². The Labute approximate surface area is 166 Å². The first-order chi connectivity index (χ1) is 13.7. The van der Waals surface area contributed by atoms with Gasteiger partial charge in [0.2, 0.25) is 5.91 Å². The fourth-order valence-corrected chi connectivity index (χ4v) is 3.68. The standard InChI is InChI=1S/C24H30N2O2/c1-2-3-4-5-6-7-8-11-19(27)17-24(28)25-18-14-15-23-21(16-18)20-12-9-10-13-22(20)26-23/h9-10,12-16,26H,2-8,11,17H2,1H3,(H,25,28). The molecule has 0 atom stereocenters. The van der Waals surface area contributed by atoms with Gasteiger partial charge in [0.25, 0.3) is 0 Å². The molecule has 3 aromatic rings. The number of hydrogen-bond acceptors (Lipinski definition) is 2. The number of H-pyrrole nitrogens is 1. The summed E-state index contributed by atoms with van der Waals surface area (Å²) in [7, 11) is 0. The van der Waals surface area contributed by atoms with E-state index in [0.29, 0.717) is 6.42 Å². The molecule has 1 heterocycles. The minimum absolute atomic E-state index is 0.0271. The number of hydrogen-bond donors (Lipinski definition) is 2. The van der Waals surface area contributed by atoms with Crippen molar-refractivity contribution in [2.45, 2.75) is 64.7 Å². The first kappa shape index (κ1) is 20.1. The predicted octanol–water partition coefficient (Wildman–Crippen LogP) is 6.36. The van der Waals surface area contributed by atoms with E-state index in [1.54, 1.807) is 0 Å². The van der Waals surface area contributed by atoms with Gasteiger partial charge in [-0.05, 0) is 30.7 Å². The number of rotatable bonds is 11. The molecule has 0 aliphatic carbocycles. The van der Waals surface area contributed by atoms with Gasteiger partial charge in [-0.25, -0.2) is 0 Å². The van der Waals surface area contributed by atoms with E-state index in [1.165, 1.54) is 32.1 Å². The minimum atomic E-state index is -0.230. The van der Waals surface area contributed by atoms with Gasteiger partial charge in [0, 0.05) is 33.9 Å². The molecule has 4 heteroatoms. The fourth-order valence-electron chi connectivity index (χ4n) is 3.68. The second-order valence-electron chi connectivity index (χ2n) is 7.57. The maximum absolute atomic E-state index is 12.2. The van der Waals surface area contributed by atoms with Crippen LogP contribution in [0.1, 0.15) is 64.7 Å². The normalized spacial score (nSPS) is 11.2. The van der Waals surface area contributed by atoms with Crippen LogP contribution in [-0.4, -0.2) is 16.7 Å². The lowest BCUT2D eigenvalue weighted by atomic mass is 10.1.